The third-order valence-corrected chi connectivity index (χ3v) is 7.47. The molecule has 0 radical (unpaired) electrons. The number of benzene rings is 1. The number of halogens is 1. The third-order valence-electron chi connectivity index (χ3n) is 6.16. The maximum atomic E-state index is 11.7. The molecule has 3 atom stereocenters. The Morgan fingerprint density at radius 1 is 0.857 bits per heavy atom. The van der Waals surface area contributed by atoms with Gasteiger partial charge in [-0.1, -0.05) is 111 Å². The molecule has 0 aliphatic heterocycles. The van der Waals surface area contributed by atoms with Gasteiger partial charge in [-0.15, -0.1) is 0 Å². The van der Waals surface area contributed by atoms with E-state index in [1.165, 1.54) is 76.9 Å². The zero-order valence-electron chi connectivity index (χ0n) is 21.9. The Kier molecular flexibility index (Phi) is 20.4. The van der Waals surface area contributed by atoms with Gasteiger partial charge in [-0.05, 0) is 30.7 Å². The molecule has 1 rings (SSSR count). The van der Waals surface area contributed by atoms with E-state index >= 15 is 0 Å². The molecule has 6 nitrogen and oxygen atoms in total. The molecule has 0 aliphatic rings. The highest BCUT2D eigenvalue weighted by atomic mass is 79.9. The zero-order chi connectivity index (χ0) is 25.6. The number of phosphoric ester groups is 1. The summed E-state index contributed by atoms with van der Waals surface area (Å²) in [5.74, 6) is 0.669. The molecule has 1 aromatic rings. The van der Waals surface area contributed by atoms with Crippen molar-refractivity contribution in [1.82, 2.24) is 0 Å². The van der Waals surface area contributed by atoms with E-state index in [0.29, 0.717) is 24.5 Å². The number of hydrogen-bond acceptors (Lipinski definition) is 5. The van der Waals surface area contributed by atoms with Crippen LogP contribution in [-0.4, -0.2) is 49.9 Å². The van der Waals surface area contributed by atoms with Crippen molar-refractivity contribution in [2.75, 3.05) is 38.9 Å². The number of unbranched alkanes of at least 4 members (excludes halogenated alkanes) is 8. The highest BCUT2D eigenvalue weighted by molar-refractivity contribution is 9.09. The van der Waals surface area contributed by atoms with Crippen LogP contribution in [0.4, 0.5) is 0 Å². The number of phosphoric acid groups is 1. The molecule has 3 unspecified atom stereocenters. The maximum Gasteiger partial charge on any atom is 0.472 e. The highest BCUT2D eigenvalue weighted by Gasteiger charge is 2.23. The summed E-state index contributed by atoms with van der Waals surface area (Å²) in [5.41, 5.74) is 1.49. The van der Waals surface area contributed by atoms with Crippen molar-refractivity contribution in [1.29, 1.82) is 0 Å². The molecule has 0 aromatic heterocycles. The predicted octanol–water partition coefficient (Wildman–Crippen LogP) is 8.03. The number of ether oxygens (including phenoxy) is 2. The molecule has 0 fully saturated rings. The Morgan fingerprint density at radius 3 is 2.11 bits per heavy atom. The van der Waals surface area contributed by atoms with Gasteiger partial charge in [0.05, 0.1) is 19.8 Å². The van der Waals surface area contributed by atoms with Crippen LogP contribution in [0.3, 0.4) is 0 Å². The number of methoxy groups -OCH3 is 1. The molecule has 0 saturated carbocycles. The fourth-order valence-electron chi connectivity index (χ4n) is 4.09. The Labute approximate surface area is 222 Å². The summed E-state index contributed by atoms with van der Waals surface area (Å²) in [6.45, 7) is 3.30. The SMILES string of the molecule is CCCCCCCCC(CCCCCCOCC(COP(=O)(O)OCCBr)OC)c1ccccc1. The van der Waals surface area contributed by atoms with Crippen LogP contribution in [0.25, 0.3) is 0 Å². The van der Waals surface area contributed by atoms with Crippen LogP contribution in [0.1, 0.15) is 95.5 Å². The molecule has 0 bridgehead atoms. The lowest BCUT2D eigenvalue weighted by Crippen LogP contribution is -2.24. The van der Waals surface area contributed by atoms with E-state index in [1.807, 2.05) is 0 Å². The predicted molar refractivity (Wildman–Crippen MR) is 147 cm³/mol. The summed E-state index contributed by atoms with van der Waals surface area (Å²) in [5, 5.41) is 0.462. The van der Waals surface area contributed by atoms with Crippen LogP contribution < -0.4 is 0 Å². The van der Waals surface area contributed by atoms with Crippen molar-refractivity contribution in [3.63, 3.8) is 0 Å². The van der Waals surface area contributed by atoms with E-state index in [9.17, 15) is 9.46 Å². The summed E-state index contributed by atoms with van der Waals surface area (Å²) >= 11 is 3.14. The van der Waals surface area contributed by atoms with Crippen LogP contribution in [0.5, 0.6) is 0 Å². The van der Waals surface area contributed by atoms with Gasteiger partial charge in [0.2, 0.25) is 0 Å². The molecule has 0 amide bonds. The first-order valence-electron chi connectivity index (χ1n) is 13.4. The Balaban J connectivity index is 2.18. The molecule has 35 heavy (non-hydrogen) atoms. The molecule has 8 heteroatoms. The lowest BCUT2D eigenvalue weighted by atomic mass is 9.88. The van der Waals surface area contributed by atoms with Crippen molar-refractivity contribution in [3.8, 4) is 0 Å². The van der Waals surface area contributed by atoms with Crippen molar-refractivity contribution < 1.29 is 28.0 Å². The van der Waals surface area contributed by atoms with E-state index in [0.717, 1.165) is 12.8 Å². The molecular weight excluding hydrogens is 531 g/mol. The molecule has 1 aromatic carbocycles. The summed E-state index contributed by atoms with van der Waals surface area (Å²) in [4.78, 5) is 9.58. The second kappa shape index (κ2) is 21.8. The lowest BCUT2D eigenvalue weighted by Gasteiger charge is -2.18. The van der Waals surface area contributed by atoms with Crippen LogP contribution >= 0.6 is 23.8 Å². The molecular formula is C27H48BrO6P. The second-order valence-corrected chi connectivity index (χ2v) is 11.3. The van der Waals surface area contributed by atoms with Gasteiger partial charge < -0.3 is 14.4 Å². The molecule has 0 heterocycles. The Bertz CT molecular complexity index is 648. The minimum atomic E-state index is -4.04. The number of alkyl halides is 1. The first kappa shape index (κ1) is 32.8. The van der Waals surface area contributed by atoms with E-state index in [2.05, 4.69) is 53.2 Å². The molecule has 0 spiro atoms. The summed E-state index contributed by atoms with van der Waals surface area (Å²) in [6.07, 6.45) is 14.8. The Hall–Kier alpha value is -0.270. The van der Waals surface area contributed by atoms with Gasteiger partial charge in [0.25, 0.3) is 0 Å². The first-order valence-corrected chi connectivity index (χ1v) is 16.0. The molecule has 0 aliphatic carbocycles. The third kappa shape index (κ3) is 17.8. The van der Waals surface area contributed by atoms with Gasteiger partial charge in [0, 0.05) is 19.0 Å². The number of hydrogen-bond donors (Lipinski definition) is 1. The van der Waals surface area contributed by atoms with Crippen molar-refractivity contribution in [2.24, 2.45) is 0 Å². The monoisotopic (exact) mass is 578 g/mol. The van der Waals surface area contributed by atoms with Gasteiger partial charge in [0.15, 0.2) is 0 Å². The molecule has 1 N–H and O–H groups in total. The van der Waals surface area contributed by atoms with Crippen LogP contribution in [0, 0.1) is 0 Å². The average Bonchev–Trinajstić information content (AvgIpc) is 2.87. The molecule has 0 saturated heterocycles. The second-order valence-electron chi connectivity index (χ2n) is 9.09. The minimum Gasteiger partial charge on any atom is -0.379 e. The van der Waals surface area contributed by atoms with Crippen molar-refractivity contribution in [2.45, 2.75) is 96.0 Å². The first-order chi connectivity index (χ1) is 17.0. The van der Waals surface area contributed by atoms with Gasteiger partial charge in [-0.25, -0.2) is 4.57 Å². The van der Waals surface area contributed by atoms with Crippen molar-refractivity contribution >= 4 is 23.8 Å². The topological polar surface area (TPSA) is 74.2 Å². The van der Waals surface area contributed by atoms with Gasteiger partial charge in [-0.3, -0.25) is 9.05 Å². The number of rotatable bonds is 24. The normalized spacial score (nSPS) is 15.1. The van der Waals surface area contributed by atoms with E-state index in [1.54, 1.807) is 0 Å². The summed E-state index contributed by atoms with van der Waals surface area (Å²) < 4.78 is 32.4. The largest absolute Gasteiger partial charge is 0.472 e. The smallest absolute Gasteiger partial charge is 0.379 e. The Morgan fingerprint density at radius 2 is 1.49 bits per heavy atom. The maximum absolute atomic E-state index is 11.7. The van der Waals surface area contributed by atoms with Crippen molar-refractivity contribution in [3.05, 3.63) is 35.9 Å². The quantitative estimate of drug-likeness (QED) is 0.0759. The van der Waals surface area contributed by atoms with Gasteiger partial charge in [-0.2, -0.15) is 0 Å². The van der Waals surface area contributed by atoms with E-state index in [4.69, 9.17) is 18.5 Å². The standard InChI is InChI=1S/C27H48BrO6P/c1-3-4-5-6-7-11-16-25(26-18-13-10-14-19-26)17-12-8-9-15-21-32-23-27(31-2)24-34-35(29,30)33-22-20-28/h10,13-14,18-19,25,27H,3-9,11-12,15-17,20-24H2,1-2H3,(H,29,30). The van der Waals surface area contributed by atoms with E-state index in [-0.39, 0.29) is 13.2 Å². The van der Waals surface area contributed by atoms with Gasteiger partial charge in [0.1, 0.15) is 6.10 Å². The lowest BCUT2D eigenvalue weighted by molar-refractivity contribution is -0.0218. The molecule has 204 valence electrons. The summed E-state index contributed by atoms with van der Waals surface area (Å²) in [7, 11) is -2.51. The average molecular weight is 580 g/mol. The zero-order valence-corrected chi connectivity index (χ0v) is 24.4. The fourth-order valence-corrected chi connectivity index (χ4v) is 5.25. The van der Waals surface area contributed by atoms with Crippen LogP contribution in [0.2, 0.25) is 0 Å². The fraction of sp³-hybridized carbons (Fsp3) is 0.778. The highest BCUT2D eigenvalue weighted by Crippen LogP contribution is 2.43. The minimum absolute atomic E-state index is 0.0496. The van der Waals surface area contributed by atoms with Crippen LogP contribution in [-0.2, 0) is 23.1 Å². The van der Waals surface area contributed by atoms with Crippen LogP contribution in [0.15, 0.2) is 30.3 Å². The summed E-state index contributed by atoms with van der Waals surface area (Å²) in [6, 6.07) is 11.0. The van der Waals surface area contributed by atoms with E-state index < -0.39 is 13.9 Å². The van der Waals surface area contributed by atoms with Gasteiger partial charge >= 0.3 is 7.82 Å².